The van der Waals surface area contributed by atoms with Crippen LogP contribution in [0.4, 0.5) is 0 Å². The SMILES string of the molecule is CC(C)(C)[Si](C)(C)OCC1CCNCC1.Cl. The summed E-state index contributed by atoms with van der Waals surface area (Å²) in [4.78, 5) is 0. The third-order valence-electron chi connectivity index (χ3n) is 3.94. The van der Waals surface area contributed by atoms with E-state index in [0.717, 1.165) is 12.5 Å². The van der Waals surface area contributed by atoms with E-state index in [1.54, 1.807) is 0 Å². The summed E-state index contributed by atoms with van der Waals surface area (Å²) >= 11 is 0. The quantitative estimate of drug-likeness (QED) is 0.790. The van der Waals surface area contributed by atoms with Gasteiger partial charge < -0.3 is 9.74 Å². The Balaban J connectivity index is 0.00000225. The van der Waals surface area contributed by atoms with Crippen molar-refractivity contribution >= 4 is 20.7 Å². The van der Waals surface area contributed by atoms with E-state index < -0.39 is 8.32 Å². The predicted molar refractivity (Wildman–Crippen MR) is 76.0 cm³/mol. The molecule has 0 bridgehead atoms. The highest BCUT2D eigenvalue weighted by Crippen LogP contribution is 2.37. The van der Waals surface area contributed by atoms with Gasteiger partial charge in [0, 0.05) is 6.61 Å². The van der Waals surface area contributed by atoms with Crippen LogP contribution in [0.15, 0.2) is 0 Å². The van der Waals surface area contributed by atoms with Gasteiger partial charge in [0.15, 0.2) is 8.32 Å². The number of hydrogen-bond acceptors (Lipinski definition) is 2. The van der Waals surface area contributed by atoms with Crippen molar-refractivity contribution in [2.45, 2.75) is 51.7 Å². The number of nitrogens with one attached hydrogen (secondary N) is 1. The number of halogens is 1. The fourth-order valence-corrected chi connectivity index (χ4v) is 2.68. The van der Waals surface area contributed by atoms with Crippen LogP contribution in [0.5, 0.6) is 0 Å². The molecule has 0 atom stereocenters. The van der Waals surface area contributed by atoms with Crippen molar-refractivity contribution in [3.05, 3.63) is 0 Å². The zero-order valence-corrected chi connectivity index (χ0v) is 13.2. The average molecular weight is 266 g/mol. The fourth-order valence-electron chi connectivity index (χ4n) is 1.59. The monoisotopic (exact) mass is 265 g/mol. The lowest BCUT2D eigenvalue weighted by Crippen LogP contribution is -2.43. The molecule has 1 heterocycles. The zero-order valence-electron chi connectivity index (χ0n) is 11.4. The third kappa shape index (κ3) is 4.74. The molecule has 1 fully saturated rings. The fraction of sp³-hybridized carbons (Fsp3) is 1.00. The molecule has 1 aliphatic heterocycles. The van der Waals surface area contributed by atoms with Gasteiger partial charge in [0.05, 0.1) is 0 Å². The molecule has 0 radical (unpaired) electrons. The molecule has 1 saturated heterocycles. The molecular formula is C12H28ClNOSi. The standard InChI is InChI=1S/C12H27NOSi.ClH/c1-12(2,3)15(4,5)14-10-11-6-8-13-9-7-11;/h11,13H,6-10H2,1-5H3;1H. The molecule has 0 saturated carbocycles. The first-order valence-corrected chi connectivity index (χ1v) is 9.08. The van der Waals surface area contributed by atoms with Gasteiger partial charge in [0.2, 0.25) is 0 Å². The van der Waals surface area contributed by atoms with Crippen LogP contribution in [0.2, 0.25) is 18.1 Å². The van der Waals surface area contributed by atoms with E-state index in [4.69, 9.17) is 4.43 Å². The summed E-state index contributed by atoms with van der Waals surface area (Å²) in [7, 11) is -1.51. The summed E-state index contributed by atoms with van der Waals surface area (Å²) in [6.07, 6.45) is 2.57. The highest BCUT2D eigenvalue weighted by atomic mass is 35.5. The molecule has 2 nitrogen and oxygen atoms in total. The summed E-state index contributed by atoms with van der Waals surface area (Å²) in [6.45, 7) is 14.9. The molecule has 1 rings (SSSR count). The van der Waals surface area contributed by atoms with Crippen LogP contribution < -0.4 is 5.32 Å². The van der Waals surface area contributed by atoms with Crippen LogP contribution in [0.25, 0.3) is 0 Å². The minimum absolute atomic E-state index is 0. The van der Waals surface area contributed by atoms with Gasteiger partial charge in [-0.15, -0.1) is 12.4 Å². The second-order valence-electron chi connectivity index (χ2n) is 6.26. The highest BCUT2D eigenvalue weighted by molar-refractivity contribution is 6.74. The predicted octanol–water partition coefficient (Wildman–Crippen LogP) is 3.43. The van der Waals surface area contributed by atoms with Crippen LogP contribution in [-0.4, -0.2) is 28.0 Å². The molecule has 0 unspecified atom stereocenters. The third-order valence-corrected chi connectivity index (χ3v) is 8.45. The Kier molecular flexibility index (Phi) is 6.55. The lowest BCUT2D eigenvalue weighted by molar-refractivity contribution is 0.199. The first-order valence-electron chi connectivity index (χ1n) is 6.17. The Hall–Kier alpha value is 0.427. The molecule has 0 aromatic heterocycles. The summed E-state index contributed by atoms with van der Waals surface area (Å²) in [5.74, 6) is 0.792. The van der Waals surface area contributed by atoms with Crippen molar-refractivity contribution in [1.29, 1.82) is 0 Å². The van der Waals surface area contributed by atoms with Crippen molar-refractivity contribution in [2.24, 2.45) is 5.92 Å². The molecule has 16 heavy (non-hydrogen) atoms. The molecule has 4 heteroatoms. The summed E-state index contributed by atoms with van der Waals surface area (Å²) in [6, 6.07) is 0. The molecule has 1 N–H and O–H groups in total. The molecule has 0 aromatic rings. The summed E-state index contributed by atoms with van der Waals surface area (Å²) in [5, 5.41) is 3.75. The molecule has 1 aliphatic rings. The van der Waals surface area contributed by atoms with Gasteiger partial charge >= 0.3 is 0 Å². The van der Waals surface area contributed by atoms with E-state index in [-0.39, 0.29) is 12.4 Å². The van der Waals surface area contributed by atoms with Crippen LogP contribution >= 0.6 is 12.4 Å². The van der Waals surface area contributed by atoms with Gasteiger partial charge in [0.1, 0.15) is 0 Å². The molecule has 0 aliphatic carbocycles. The second-order valence-corrected chi connectivity index (χ2v) is 11.1. The van der Waals surface area contributed by atoms with Gasteiger partial charge in [0.25, 0.3) is 0 Å². The molecular weight excluding hydrogens is 238 g/mol. The zero-order chi connectivity index (χ0) is 11.5. The average Bonchev–Trinajstić information content (AvgIpc) is 2.15. The maximum Gasteiger partial charge on any atom is 0.191 e. The van der Waals surface area contributed by atoms with E-state index >= 15 is 0 Å². The van der Waals surface area contributed by atoms with E-state index in [0.29, 0.717) is 5.04 Å². The van der Waals surface area contributed by atoms with Gasteiger partial charge in [-0.25, -0.2) is 0 Å². The van der Waals surface area contributed by atoms with Gasteiger partial charge in [-0.05, 0) is 50.0 Å². The molecule has 98 valence electrons. The van der Waals surface area contributed by atoms with E-state index in [1.165, 1.54) is 25.9 Å². The van der Waals surface area contributed by atoms with Crippen molar-refractivity contribution in [3.8, 4) is 0 Å². The number of rotatable bonds is 3. The lowest BCUT2D eigenvalue weighted by atomic mass is 10.00. The van der Waals surface area contributed by atoms with E-state index in [2.05, 4.69) is 39.2 Å². The van der Waals surface area contributed by atoms with Crippen LogP contribution in [-0.2, 0) is 4.43 Å². The Morgan fingerprint density at radius 2 is 1.69 bits per heavy atom. The second kappa shape index (κ2) is 6.38. The number of hydrogen-bond donors (Lipinski definition) is 1. The topological polar surface area (TPSA) is 21.3 Å². The molecule has 0 spiro atoms. The smallest absolute Gasteiger partial charge is 0.191 e. The van der Waals surface area contributed by atoms with E-state index in [9.17, 15) is 0 Å². The van der Waals surface area contributed by atoms with Crippen LogP contribution in [0, 0.1) is 5.92 Å². The Morgan fingerprint density at radius 3 is 2.12 bits per heavy atom. The van der Waals surface area contributed by atoms with Crippen molar-refractivity contribution in [1.82, 2.24) is 5.32 Å². The Labute approximate surface area is 108 Å². The Bertz CT molecular complexity index is 198. The minimum atomic E-state index is -1.51. The van der Waals surface area contributed by atoms with Gasteiger partial charge in [-0.2, -0.15) is 0 Å². The maximum atomic E-state index is 6.24. The minimum Gasteiger partial charge on any atom is -0.417 e. The van der Waals surface area contributed by atoms with Crippen molar-refractivity contribution < 1.29 is 4.43 Å². The first-order chi connectivity index (χ1) is 6.83. The van der Waals surface area contributed by atoms with Gasteiger partial charge in [-0.3, -0.25) is 0 Å². The summed E-state index contributed by atoms with van der Waals surface area (Å²) in [5.41, 5.74) is 0. The highest BCUT2D eigenvalue weighted by Gasteiger charge is 2.37. The van der Waals surface area contributed by atoms with Gasteiger partial charge in [-0.1, -0.05) is 20.8 Å². The normalized spacial score (nSPS) is 19.3. The molecule has 0 aromatic carbocycles. The van der Waals surface area contributed by atoms with E-state index in [1.807, 2.05) is 0 Å². The lowest BCUT2D eigenvalue weighted by Gasteiger charge is -2.37. The summed E-state index contributed by atoms with van der Waals surface area (Å²) < 4.78 is 6.24. The largest absolute Gasteiger partial charge is 0.417 e. The van der Waals surface area contributed by atoms with Crippen LogP contribution in [0.3, 0.4) is 0 Å². The first kappa shape index (κ1) is 16.4. The maximum absolute atomic E-state index is 6.24. The van der Waals surface area contributed by atoms with Crippen molar-refractivity contribution in [3.63, 3.8) is 0 Å². The molecule has 0 amide bonds. The number of piperidine rings is 1. The van der Waals surface area contributed by atoms with Crippen LogP contribution in [0.1, 0.15) is 33.6 Å². The Morgan fingerprint density at radius 1 is 1.19 bits per heavy atom. The van der Waals surface area contributed by atoms with Crippen molar-refractivity contribution in [2.75, 3.05) is 19.7 Å².